The molecule has 0 unspecified atom stereocenters. The van der Waals surface area contributed by atoms with Crippen molar-refractivity contribution < 1.29 is 18.7 Å². The molecule has 2 saturated heterocycles. The highest BCUT2D eigenvalue weighted by Crippen LogP contribution is 2.31. The third-order valence-electron chi connectivity index (χ3n) is 7.57. The van der Waals surface area contributed by atoms with Gasteiger partial charge in [0.1, 0.15) is 5.52 Å². The van der Waals surface area contributed by atoms with Crippen LogP contribution in [0.5, 0.6) is 6.01 Å². The fourth-order valence-corrected chi connectivity index (χ4v) is 5.81. The van der Waals surface area contributed by atoms with Gasteiger partial charge in [-0.15, -0.1) is 0 Å². The zero-order valence-electron chi connectivity index (χ0n) is 23.4. The molecule has 4 heterocycles. The van der Waals surface area contributed by atoms with Gasteiger partial charge in [-0.25, -0.2) is 9.37 Å². The molecular weight excluding hydrogens is 527 g/mol. The van der Waals surface area contributed by atoms with Gasteiger partial charge in [-0.2, -0.15) is 10.1 Å². The number of carbonyl (C=O) groups excluding carboxylic acids is 2. The Kier molecular flexibility index (Phi) is 7.16. The van der Waals surface area contributed by atoms with Gasteiger partial charge >= 0.3 is 6.01 Å². The number of ether oxygens (including phenoxy) is 1. The van der Waals surface area contributed by atoms with Crippen LogP contribution in [0.25, 0.3) is 21.8 Å². The molecule has 2 aliphatic heterocycles. The van der Waals surface area contributed by atoms with E-state index in [1.165, 1.54) is 10.7 Å². The number of nitrogens with one attached hydrogen (secondary N) is 2. The van der Waals surface area contributed by atoms with Gasteiger partial charge in [0.15, 0.2) is 12.4 Å². The first-order valence-electron chi connectivity index (χ1n) is 13.9. The van der Waals surface area contributed by atoms with Crippen molar-refractivity contribution in [2.24, 2.45) is 7.05 Å². The van der Waals surface area contributed by atoms with E-state index in [-0.39, 0.29) is 41.7 Å². The van der Waals surface area contributed by atoms with E-state index < -0.39 is 11.7 Å². The lowest BCUT2D eigenvalue weighted by molar-refractivity contribution is -0.132. The number of likely N-dealkylation sites (tertiary alicyclic amines) is 1. The summed E-state index contributed by atoms with van der Waals surface area (Å²) in [5.41, 5.74) is 2.11. The van der Waals surface area contributed by atoms with Crippen molar-refractivity contribution in [1.82, 2.24) is 30.0 Å². The lowest BCUT2D eigenvalue weighted by Crippen LogP contribution is -2.54. The van der Waals surface area contributed by atoms with E-state index in [1.54, 1.807) is 36.5 Å². The quantitative estimate of drug-likeness (QED) is 0.370. The Bertz CT molecular complexity index is 1620. The monoisotopic (exact) mass is 560 g/mol. The summed E-state index contributed by atoms with van der Waals surface area (Å²) < 4.78 is 21.9. The van der Waals surface area contributed by atoms with Crippen LogP contribution in [0.3, 0.4) is 0 Å². The van der Waals surface area contributed by atoms with Crippen molar-refractivity contribution in [3.05, 3.63) is 48.0 Å². The maximum absolute atomic E-state index is 14.7. The van der Waals surface area contributed by atoms with E-state index in [2.05, 4.69) is 44.4 Å². The first-order valence-corrected chi connectivity index (χ1v) is 13.9. The summed E-state index contributed by atoms with van der Waals surface area (Å²) in [6, 6.07) is 7.10. The zero-order chi connectivity index (χ0) is 28.7. The van der Waals surface area contributed by atoms with E-state index in [4.69, 9.17) is 4.74 Å². The van der Waals surface area contributed by atoms with Crippen LogP contribution >= 0.6 is 0 Å². The summed E-state index contributed by atoms with van der Waals surface area (Å²) in [5, 5.41) is 11.7. The molecule has 2 atom stereocenters. The van der Waals surface area contributed by atoms with Crippen LogP contribution in [-0.4, -0.2) is 81.3 Å². The molecule has 6 rings (SSSR count). The number of fused-ring (bicyclic) bond motifs is 2. The van der Waals surface area contributed by atoms with Gasteiger partial charge < -0.3 is 25.2 Å². The molecule has 2 fully saturated rings. The smallest absolute Gasteiger partial charge is 0.317 e. The SMILES string of the molecule is C[C@H]1CN(c2ccc(C(=O)Nc3cc(F)c4nn(C)cc4c3)c3nc(OCC(=O)N4CCCC4)ncc23)C[C@H](C)N1. The number of anilines is 2. The van der Waals surface area contributed by atoms with E-state index in [9.17, 15) is 14.0 Å². The molecule has 2 aromatic heterocycles. The van der Waals surface area contributed by atoms with E-state index in [1.807, 2.05) is 6.07 Å². The number of carbonyl (C=O) groups is 2. The molecule has 2 aliphatic rings. The highest BCUT2D eigenvalue weighted by atomic mass is 19.1. The molecule has 2 aromatic carbocycles. The number of hydrogen-bond acceptors (Lipinski definition) is 8. The highest BCUT2D eigenvalue weighted by Gasteiger charge is 2.25. The number of benzene rings is 2. The minimum Gasteiger partial charge on any atom is -0.453 e. The van der Waals surface area contributed by atoms with Gasteiger partial charge in [-0.05, 0) is 51.0 Å². The van der Waals surface area contributed by atoms with E-state index in [0.29, 0.717) is 22.0 Å². The molecule has 2 N–H and O–H groups in total. The van der Waals surface area contributed by atoms with Gasteiger partial charge in [-0.3, -0.25) is 14.3 Å². The second kappa shape index (κ2) is 10.9. The fraction of sp³-hybridized carbons (Fsp3) is 0.414. The normalized spacial score (nSPS) is 19.2. The Morgan fingerprint density at radius 1 is 1.12 bits per heavy atom. The fourth-order valence-electron chi connectivity index (χ4n) is 5.81. The van der Waals surface area contributed by atoms with Crippen molar-refractivity contribution in [2.45, 2.75) is 38.8 Å². The molecule has 0 aliphatic carbocycles. The molecule has 0 radical (unpaired) electrons. The molecule has 214 valence electrons. The number of rotatable bonds is 6. The largest absolute Gasteiger partial charge is 0.453 e. The van der Waals surface area contributed by atoms with Crippen molar-refractivity contribution >= 4 is 45.0 Å². The molecule has 4 aromatic rings. The number of amides is 2. The van der Waals surface area contributed by atoms with Gasteiger partial charge in [0.05, 0.1) is 11.1 Å². The summed E-state index contributed by atoms with van der Waals surface area (Å²) >= 11 is 0. The van der Waals surface area contributed by atoms with Gasteiger partial charge in [0, 0.05) is 79.9 Å². The second-order valence-electron chi connectivity index (χ2n) is 11.0. The Morgan fingerprint density at radius 3 is 2.63 bits per heavy atom. The number of aromatic nitrogens is 4. The number of aryl methyl sites for hydroxylation is 1. The molecule has 0 bridgehead atoms. The summed E-state index contributed by atoms with van der Waals surface area (Å²) in [6.07, 6.45) is 5.30. The predicted molar refractivity (Wildman–Crippen MR) is 154 cm³/mol. The number of halogens is 1. The Hall–Kier alpha value is -4.32. The molecule has 11 nitrogen and oxygen atoms in total. The van der Waals surface area contributed by atoms with Crippen LogP contribution in [0.1, 0.15) is 37.0 Å². The van der Waals surface area contributed by atoms with Crippen LogP contribution < -0.4 is 20.3 Å². The highest BCUT2D eigenvalue weighted by molar-refractivity contribution is 6.14. The van der Waals surface area contributed by atoms with Crippen LogP contribution in [-0.2, 0) is 11.8 Å². The van der Waals surface area contributed by atoms with Crippen LogP contribution in [0, 0.1) is 5.82 Å². The van der Waals surface area contributed by atoms with Crippen LogP contribution in [0.4, 0.5) is 15.8 Å². The summed E-state index contributed by atoms with van der Waals surface area (Å²) in [6.45, 7) is 7.08. The summed E-state index contributed by atoms with van der Waals surface area (Å²) in [4.78, 5) is 39.1. The maximum Gasteiger partial charge on any atom is 0.317 e. The Morgan fingerprint density at radius 2 is 1.88 bits per heavy atom. The zero-order valence-corrected chi connectivity index (χ0v) is 23.4. The standard InChI is InChI=1S/C29H33FN8O3/c1-17-13-38(14-18(2)32-17)24-7-6-21(28(40)33-20-10-19-15-36(3)35-26(19)23(30)11-20)27-22(24)12-31-29(34-27)41-16-25(39)37-8-4-5-9-37/h6-7,10-12,15,17-18,32H,4-5,8-9,13-14,16H2,1-3H3,(H,33,40)/t17-,18-/m0/s1. The summed E-state index contributed by atoms with van der Waals surface area (Å²) in [7, 11) is 1.71. The molecule has 41 heavy (non-hydrogen) atoms. The third-order valence-corrected chi connectivity index (χ3v) is 7.57. The molecule has 12 heteroatoms. The molecule has 0 saturated carbocycles. The topological polar surface area (TPSA) is 118 Å². The molecular formula is C29H33FN8O3. The lowest BCUT2D eigenvalue weighted by Gasteiger charge is -2.38. The van der Waals surface area contributed by atoms with Crippen LogP contribution in [0.2, 0.25) is 0 Å². The molecule has 0 spiro atoms. The number of hydrogen-bond donors (Lipinski definition) is 2. The number of piperazine rings is 1. The summed E-state index contributed by atoms with van der Waals surface area (Å²) in [5.74, 6) is -1.10. The maximum atomic E-state index is 14.7. The predicted octanol–water partition coefficient (Wildman–Crippen LogP) is 3.10. The average Bonchev–Trinajstić information content (AvgIpc) is 3.60. The van der Waals surface area contributed by atoms with Gasteiger partial charge in [0.2, 0.25) is 0 Å². The van der Waals surface area contributed by atoms with E-state index >= 15 is 0 Å². The van der Waals surface area contributed by atoms with Crippen molar-refractivity contribution in [3.63, 3.8) is 0 Å². The number of nitrogens with zero attached hydrogens (tertiary/aromatic N) is 6. The van der Waals surface area contributed by atoms with Crippen molar-refractivity contribution in [2.75, 3.05) is 43.0 Å². The van der Waals surface area contributed by atoms with Gasteiger partial charge in [0.25, 0.3) is 11.8 Å². The first-order chi connectivity index (χ1) is 19.7. The minimum atomic E-state index is -0.527. The minimum absolute atomic E-state index is 0.0149. The third kappa shape index (κ3) is 5.51. The van der Waals surface area contributed by atoms with Crippen molar-refractivity contribution in [3.8, 4) is 6.01 Å². The Balaban J connectivity index is 1.34. The Labute approximate surface area is 236 Å². The average molecular weight is 561 g/mol. The lowest BCUT2D eigenvalue weighted by atomic mass is 10.0. The van der Waals surface area contributed by atoms with Crippen LogP contribution in [0.15, 0.2) is 36.7 Å². The van der Waals surface area contributed by atoms with Gasteiger partial charge in [-0.1, -0.05) is 0 Å². The molecule has 2 amide bonds. The first kappa shape index (κ1) is 26.9. The van der Waals surface area contributed by atoms with Crippen molar-refractivity contribution in [1.29, 1.82) is 0 Å². The van der Waals surface area contributed by atoms with E-state index in [0.717, 1.165) is 44.7 Å². The second-order valence-corrected chi connectivity index (χ2v) is 11.0.